The molecule has 0 spiro atoms. The highest BCUT2D eigenvalue weighted by Gasteiger charge is 2.37. The number of hydrogen-bond donors (Lipinski definition) is 2. The second-order valence-corrected chi connectivity index (χ2v) is 6.43. The van der Waals surface area contributed by atoms with Gasteiger partial charge in [-0.15, -0.1) is 0 Å². The summed E-state index contributed by atoms with van der Waals surface area (Å²) in [6, 6.07) is 18.9. The number of carboxylic acids is 1. The van der Waals surface area contributed by atoms with Gasteiger partial charge in [0.15, 0.2) is 5.54 Å². The van der Waals surface area contributed by atoms with Crippen molar-refractivity contribution >= 4 is 11.9 Å². The number of nitrogens with one attached hydrogen (secondary N) is 1. The van der Waals surface area contributed by atoms with E-state index in [0.29, 0.717) is 23.5 Å². The Labute approximate surface area is 162 Å². The van der Waals surface area contributed by atoms with Crippen molar-refractivity contribution in [2.75, 3.05) is 0 Å². The molecule has 1 atom stereocenters. The standard InChI is InChI=1S/C22H20N2O4/c1-22(21(26)27,18-9-3-2-4-10-18)24-20(25)17-8-5-11-19(13-17)28-15-16-7-6-12-23-14-16/h2-14H,15H2,1H3,(H,24,25)(H,26,27). The summed E-state index contributed by atoms with van der Waals surface area (Å²) < 4.78 is 5.71. The average molecular weight is 376 g/mol. The Balaban J connectivity index is 1.75. The summed E-state index contributed by atoms with van der Waals surface area (Å²) in [6.45, 7) is 1.78. The van der Waals surface area contributed by atoms with Crippen LogP contribution in [0.2, 0.25) is 0 Å². The van der Waals surface area contributed by atoms with Gasteiger partial charge in [-0.1, -0.05) is 42.5 Å². The van der Waals surface area contributed by atoms with Gasteiger partial charge in [-0.2, -0.15) is 0 Å². The molecule has 0 aliphatic carbocycles. The number of carboxylic acid groups (broad SMARTS) is 1. The second kappa shape index (κ2) is 8.35. The molecule has 0 saturated heterocycles. The van der Waals surface area contributed by atoms with E-state index in [1.807, 2.05) is 12.1 Å². The smallest absolute Gasteiger partial charge is 0.333 e. The number of carbonyl (C=O) groups is 2. The number of pyridine rings is 1. The van der Waals surface area contributed by atoms with Gasteiger partial charge in [0.25, 0.3) is 5.91 Å². The molecule has 0 aliphatic rings. The Hall–Kier alpha value is -3.67. The normalized spacial score (nSPS) is 12.6. The van der Waals surface area contributed by atoms with E-state index in [1.165, 1.54) is 6.92 Å². The fraction of sp³-hybridized carbons (Fsp3) is 0.136. The Morgan fingerprint density at radius 2 is 1.86 bits per heavy atom. The Morgan fingerprint density at radius 3 is 2.54 bits per heavy atom. The predicted octanol–water partition coefficient (Wildman–Crippen LogP) is 3.39. The van der Waals surface area contributed by atoms with E-state index < -0.39 is 17.4 Å². The molecule has 1 amide bonds. The van der Waals surface area contributed by atoms with Crippen LogP contribution in [0, 0.1) is 0 Å². The van der Waals surface area contributed by atoms with Crippen LogP contribution >= 0.6 is 0 Å². The van der Waals surface area contributed by atoms with Crippen molar-refractivity contribution in [3.63, 3.8) is 0 Å². The first-order chi connectivity index (χ1) is 13.5. The molecule has 2 aromatic carbocycles. The van der Waals surface area contributed by atoms with Gasteiger partial charge in [0.1, 0.15) is 12.4 Å². The first-order valence-electron chi connectivity index (χ1n) is 8.72. The topological polar surface area (TPSA) is 88.5 Å². The third kappa shape index (κ3) is 4.35. The van der Waals surface area contributed by atoms with E-state index in [1.54, 1.807) is 67.0 Å². The van der Waals surface area contributed by atoms with E-state index in [9.17, 15) is 14.7 Å². The number of amides is 1. The summed E-state index contributed by atoms with van der Waals surface area (Å²) in [7, 11) is 0. The van der Waals surface area contributed by atoms with Crippen LogP contribution in [0.3, 0.4) is 0 Å². The summed E-state index contributed by atoms with van der Waals surface area (Å²) in [5.41, 5.74) is 0.150. The number of benzene rings is 2. The second-order valence-electron chi connectivity index (χ2n) is 6.43. The maximum atomic E-state index is 12.7. The number of ether oxygens (including phenoxy) is 1. The van der Waals surface area contributed by atoms with Gasteiger partial charge in [0, 0.05) is 23.5 Å². The van der Waals surface area contributed by atoms with Gasteiger partial charge in [-0.3, -0.25) is 9.78 Å². The highest BCUT2D eigenvalue weighted by molar-refractivity contribution is 5.98. The van der Waals surface area contributed by atoms with Crippen molar-refractivity contribution in [3.05, 3.63) is 95.8 Å². The fourth-order valence-electron chi connectivity index (χ4n) is 2.70. The van der Waals surface area contributed by atoms with Crippen molar-refractivity contribution in [1.82, 2.24) is 10.3 Å². The third-order valence-electron chi connectivity index (χ3n) is 4.37. The van der Waals surface area contributed by atoms with Crippen LogP contribution in [-0.2, 0) is 16.9 Å². The molecule has 0 bridgehead atoms. The summed E-state index contributed by atoms with van der Waals surface area (Å²) in [5.74, 6) is -1.13. The zero-order valence-corrected chi connectivity index (χ0v) is 15.3. The summed E-state index contributed by atoms with van der Waals surface area (Å²) >= 11 is 0. The lowest BCUT2D eigenvalue weighted by Crippen LogP contribution is -2.49. The Morgan fingerprint density at radius 1 is 1.07 bits per heavy atom. The summed E-state index contributed by atoms with van der Waals surface area (Å²) in [4.78, 5) is 28.6. The van der Waals surface area contributed by atoms with E-state index >= 15 is 0 Å². The molecular weight excluding hydrogens is 356 g/mol. The largest absolute Gasteiger partial charge is 0.489 e. The van der Waals surface area contributed by atoms with Crippen molar-refractivity contribution in [3.8, 4) is 5.75 Å². The molecule has 28 heavy (non-hydrogen) atoms. The summed E-state index contributed by atoms with van der Waals surface area (Å²) in [5, 5.41) is 12.3. The molecule has 6 heteroatoms. The number of carbonyl (C=O) groups excluding carboxylic acids is 1. The minimum Gasteiger partial charge on any atom is -0.489 e. The molecule has 0 saturated carbocycles. The first kappa shape index (κ1) is 19.1. The van der Waals surface area contributed by atoms with Crippen LogP contribution in [-0.4, -0.2) is 22.0 Å². The molecule has 3 aromatic rings. The van der Waals surface area contributed by atoms with Crippen LogP contribution in [0.15, 0.2) is 79.1 Å². The number of hydrogen-bond acceptors (Lipinski definition) is 4. The van der Waals surface area contributed by atoms with Gasteiger partial charge in [0.2, 0.25) is 0 Å². The van der Waals surface area contributed by atoms with Crippen LogP contribution < -0.4 is 10.1 Å². The lowest BCUT2D eigenvalue weighted by atomic mass is 9.91. The quantitative estimate of drug-likeness (QED) is 0.660. The molecule has 0 aliphatic heterocycles. The van der Waals surface area contributed by atoms with Gasteiger partial charge in [-0.05, 0) is 36.8 Å². The van der Waals surface area contributed by atoms with Gasteiger partial charge in [0.05, 0.1) is 0 Å². The molecule has 142 valence electrons. The van der Waals surface area contributed by atoms with Gasteiger partial charge < -0.3 is 15.2 Å². The number of aliphatic carboxylic acids is 1. The monoisotopic (exact) mass is 376 g/mol. The molecule has 0 radical (unpaired) electrons. The van der Waals surface area contributed by atoms with Crippen LogP contribution in [0.1, 0.15) is 28.4 Å². The molecule has 1 unspecified atom stereocenters. The molecule has 1 aromatic heterocycles. The number of aromatic nitrogens is 1. The van der Waals surface area contributed by atoms with Crippen LogP contribution in [0.5, 0.6) is 5.75 Å². The van der Waals surface area contributed by atoms with E-state index in [0.717, 1.165) is 5.56 Å². The number of nitrogens with zero attached hydrogens (tertiary/aromatic N) is 1. The highest BCUT2D eigenvalue weighted by Crippen LogP contribution is 2.22. The molecule has 1 heterocycles. The fourth-order valence-corrected chi connectivity index (χ4v) is 2.70. The van der Waals surface area contributed by atoms with E-state index in [4.69, 9.17) is 4.74 Å². The molecule has 6 nitrogen and oxygen atoms in total. The summed E-state index contributed by atoms with van der Waals surface area (Å²) in [6.07, 6.45) is 3.38. The predicted molar refractivity (Wildman–Crippen MR) is 104 cm³/mol. The maximum absolute atomic E-state index is 12.7. The van der Waals surface area contributed by atoms with Gasteiger partial charge >= 0.3 is 5.97 Å². The minimum absolute atomic E-state index is 0.312. The zero-order chi connectivity index (χ0) is 20.0. The van der Waals surface area contributed by atoms with Crippen molar-refractivity contribution in [1.29, 1.82) is 0 Å². The SMILES string of the molecule is CC(NC(=O)c1cccc(OCc2cccnc2)c1)(C(=O)O)c1ccccc1. The van der Waals surface area contributed by atoms with Crippen molar-refractivity contribution < 1.29 is 19.4 Å². The molecule has 2 N–H and O–H groups in total. The minimum atomic E-state index is -1.55. The van der Waals surface area contributed by atoms with E-state index in [-0.39, 0.29) is 0 Å². The van der Waals surface area contributed by atoms with Gasteiger partial charge in [-0.25, -0.2) is 4.79 Å². The van der Waals surface area contributed by atoms with Crippen LogP contribution in [0.25, 0.3) is 0 Å². The lowest BCUT2D eigenvalue weighted by Gasteiger charge is -2.27. The Kier molecular flexibility index (Phi) is 5.69. The van der Waals surface area contributed by atoms with Crippen LogP contribution in [0.4, 0.5) is 0 Å². The molecular formula is C22H20N2O4. The molecule has 0 fully saturated rings. The Bertz CT molecular complexity index is 961. The maximum Gasteiger partial charge on any atom is 0.333 e. The highest BCUT2D eigenvalue weighted by atomic mass is 16.5. The van der Waals surface area contributed by atoms with E-state index in [2.05, 4.69) is 10.3 Å². The molecule has 3 rings (SSSR count). The van der Waals surface area contributed by atoms with Crippen molar-refractivity contribution in [2.24, 2.45) is 0 Å². The number of rotatable bonds is 7. The zero-order valence-electron chi connectivity index (χ0n) is 15.3. The first-order valence-corrected chi connectivity index (χ1v) is 8.72. The van der Waals surface area contributed by atoms with Crippen molar-refractivity contribution in [2.45, 2.75) is 19.1 Å². The average Bonchev–Trinajstić information content (AvgIpc) is 2.73. The lowest BCUT2D eigenvalue weighted by molar-refractivity contribution is -0.144. The third-order valence-corrected chi connectivity index (χ3v) is 4.37.